The van der Waals surface area contributed by atoms with Gasteiger partial charge in [-0.2, -0.15) is 24.5 Å². The Hall–Kier alpha value is -1.08. The van der Waals surface area contributed by atoms with Crippen LogP contribution in [-0.2, 0) is 11.3 Å². The summed E-state index contributed by atoms with van der Waals surface area (Å²) >= 11 is 1.49. The van der Waals surface area contributed by atoms with Crippen molar-refractivity contribution in [2.75, 3.05) is 13.1 Å². The van der Waals surface area contributed by atoms with E-state index in [9.17, 15) is 18.0 Å². The molecular formula is C14H17F3N2OS. The Kier molecular flexibility index (Phi) is 3.73. The van der Waals surface area contributed by atoms with E-state index in [2.05, 4.69) is 5.32 Å². The van der Waals surface area contributed by atoms with Crippen LogP contribution in [0.15, 0.2) is 16.8 Å². The summed E-state index contributed by atoms with van der Waals surface area (Å²) in [6.07, 6.45) is -3.06. The van der Waals surface area contributed by atoms with E-state index in [1.165, 1.54) is 16.2 Å². The maximum Gasteiger partial charge on any atom is 0.404 e. The average Bonchev–Trinajstić information content (AvgIpc) is 2.94. The third-order valence-electron chi connectivity index (χ3n) is 4.29. The molecule has 3 rings (SSSR count). The van der Waals surface area contributed by atoms with Crippen LogP contribution in [0, 0.1) is 5.41 Å². The van der Waals surface area contributed by atoms with Crippen molar-refractivity contribution in [2.24, 2.45) is 5.41 Å². The van der Waals surface area contributed by atoms with Gasteiger partial charge in [-0.15, -0.1) is 0 Å². The summed E-state index contributed by atoms with van der Waals surface area (Å²) in [6.45, 7) is 0.217. The third kappa shape index (κ3) is 2.68. The van der Waals surface area contributed by atoms with Crippen LogP contribution in [0.3, 0.4) is 0 Å². The molecule has 0 bridgehead atoms. The lowest BCUT2D eigenvalue weighted by molar-refractivity contribution is -0.222. The van der Waals surface area contributed by atoms with E-state index in [4.69, 9.17) is 0 Å². The zero-order valence-electron chi connectivity index (χ0n) is 11.4. The first kappa shape index (κ1) is 14.8. The van der Waals surface area contributed by atoms with Crippen LogP contribution in [0.2, 0.25) is 0 Å². The lowest BCUT2D eigenvalue weighted by Crippen LogP contribution is -2.54. The van der Waals surface area contributed by atoms with Crippen molar-refractivity contribution in [1.29, 1.82) is 0 Å². The largest absolute Gasteiger partial charge is 0.404 e. The fourth-order valence-corrected chi connectivity index (χ4v) is 3.50. The maximum atomic E-state index is 13.5. The van der Waals surface area contributed by atoms with Gasteiger partial charge in [0.1, 0.15) is 0 Å². The van der Waals surface area contributed by atoms with Gasteiger partial charge in [-0.05, 0) is 48.2 Å². The number of carbonyl (C=O) groups is 1. The Morgan fingerprint density at radius 3 is 2.71 bits per heavy atom. The Bertz CT molecular complexity index is 505. The van der Waals surface area contributed by atoms with Gasteiger partial charge in [0.25, 0.3) is 0 Å². The molecule has 1 saturated carbocycles. The fraction of sp³-hybridized carbons (Fsp3) is 0.643. The molecule has 1 N–H and O–H groups in total. The quantitative estimate of drug-likeness (QED) is 0.926. The average molecular weight is 318 g/mol. The molecule has 3 nitrogen and oxygen atoms in total. The lowest BCUT2D eigenvalue weighted by atomic mass is 9.84. The molecule has 21 heavy (non-hydrogen) atoms. The summed E-state index contributed by atoms with van der Waals surface area (Å²) in [5, 5.41) is 6.47. The summed E-state index contributed by atoms with van der Waals surface area (Å²) in [7, 11) is 0. The SMILES string of the molecule is O=C(N(Cc1ccsc1)C1CC1)C1(C(F)(F)F)CCNC1. The monoisotopic (exact) mass is 318 g/mol. The van der Waals surface area contributed by atoms with Crippen molar-refractivity contribution in [3.8, 4) is 0 Å². The van der Waals surface area contributed by atoms with Crippen molar-refractivity contribution in [2.45, 2.75) is 38.0 Å². The van der Waals surface area contributed by atoms with Crippen LogP contribution in [-0.4, -0.2) is 36.1 Å². The van der Waals surface area contributed by atoms with Crippen LogP contribution in [0.25, 0.3) is 0 Å². The molecule has 7 heteroatoms. The Labute approximate surface area is 125 Å². The molecule has 1 saturated heterocycles. The molecule has 2 aliphatic rings. The van der Waals surface area contributed by atoms with Gasteiger partial charge in [0, 0.05) is 19.1 Å². The molecule has 1 unspecified atom stereocenters. The number of alkyl halides is 3. The molecule has 1 aliphatic heterocycles. The summed E-state index contributed by atoms with van der Waals surface area (Å²) < 4.78 is 40.5. The van der Waals surface area contributed by atoms with E-state index in [1.807, 2.05) is 16.8 Å². The normalized spacial score (nSPS) is 26.0. The first-order valence-corrected chi connectivity index (χ1v) is 7.98. The number of thiophene rings is 1. The summed E-state index contributed by atoms with van der Waals surface area (Å²) in [6, 6.07) is 1.83. The van der Waals surface area contributed by atoms with E-state index in [0.29, 0.717) is 0 Å². The van der Waals surface area contributed by atoms with Gasteiger partial charge in [0.15, 0.2) is 5.41 Å². The Balaban J connectivity index is 1.86. The first-order valence-electron chi connectivity index (χ1n) is 7.04. The van der Waals surface area contributed by atoms with E-state index in [0.717, 1.165) is 18.4 Å². The minimum Gasteiger partial charge on any atom is -0.335 e. The minimum absolute atomic E-state index is 0.0303. The van der Waals surface area contributed by atoms with E-state index in [-0.39, 0.29) is 32.1 Å². The zero-order chi connectivity index (χ0) is 15.1. The van der Waals surface area contributed by atoms with Gasteiger partial charge < -0.3 is 10.2 Å². The molecule has 0 radical (unpaired) electrons. The molecule has 2 heterocycles. The summed E-state index contributed by atoms with van der Waals surface area (Å²) in [4.78, 5) is 14.1. The van der Waals surface area contributed by atoms with Gasteiger partial charge >= 0.3 is 6.18 Å². The van der Waals surface area contributed by atoms with Gasteiger partial charge in [0.2, 0.25) is 5.91 Å². The molecule has 1 amide bonds. The number of hydrogen-bond acceptors (Lipinski definition) is 3. The van der Waals surface area contributed by atoms with Crippen LogP contribution < -0.4 is 5.32 Å². The van der Waals surface area contributed by atoms with Crippen LogP contribution >= 0.6 is 11.3 Å². The number of nitrogens with one attached hydrogen (secondary N) is 1. The predicted molar refractivity (Wildman–Crippen MR) is 73.9 cm³/mol. The highest BCUT2D eigenvalue weighted by Gasteiger charge is 2.63. The highest BCUT2D eigenvalue weighted by molar-refractivity contribution is 7.07. The number of amides is 1. The third-order valence-corrected chi connectivity index (χ3v) is 5.02. The molecule has 0 spiro atoms. The highest BCUT2D eigenvalue weighted by atomic mass is 32.1. The topological polar surface area (TPSA) is 32.3 Å². The number of carbonyl (C=O) groups excluding carboxylic acids is 1. The molecule has 1 atom stereocenters. The van der Waals surface area contributed by atoms with Crippen molar-refractivity contribution < 1.29 is 18.0 Å². The Morgan fingerprint density at radius 2 is 2.24 bits per heavy atom. The molecule has 1 aliphatic carbocycles. The second-order valence-corrected chi connectivity index (χ2v) is 6.58. The first-order chi connectivity index (χ1) is 9.94. The van der Waals surface area contributed by atoms with Gasteiger partial charge in [-0.25, -0.2) is 0 Å². The molecule has 1 aromatic rings. The van der Waals surface area contributed by atoms with E-state index in [1.54, 1.807) is 0 Å². The second-order valence-electron chi connectivity index (χ2n) is 5.80. The standard InChI is InChI=1S/C14H17F3N2OS/c15-14(16,17)13(4-5-18-9-13)12(20)19(11-1-2-11)7-10-3-6-21-8-10/h3,6,8,11,18H,1-2,4-5,7,9H2. The molecule has 1 aromatic heterocycles. The Morgan fingerprint density at radius 1 is 1.48 bits per heavy atom. The van der Waals surface area contributed by atoms with Gasteiger partial charge in [-0.1, -0.05) is 0 Å². The lowest BCUT2D eigenvalue weighted by Gasteiger charge is -2.35. The number of halogens is 3. The van der Waals surface area contributed by atoms with Gasteiger partial charge in [-0.3, -0.25) is 4.79 Å². The molecular weight excluding hydrogens is 301 g/mol. The van der Waals surface area contributed by atoms with Crippen LogP contribution in [0.5, 0.6) is 0 Å². The van der Waals surface area contributed by atoms with Crippen molar-refractivity contribution >= 4 is 17.2 Å². The summed E-state index contributed by atoms with van der Waals surface area (Å²) in [5.41, 5.74) is -1.34. The van der Waals surface area contributed by atoms with Crippen molar-refractivity contribution in [3.63, 3.8) is 0 Å². The second kappa shape index (κ2) is 5.28. The number of hydrogen-bond donors (Lipinski definition) is 1. The fourth-order valence-electron chi connectivity index (χ4n) is 2.84. The minimum atomic E-state index is -4.50. The molecule has 2 fully saturated rings. The number of nitrogens with zero attached hydrogens (tertiary/aromatic N) is 1. The van der Waals surface area contributed by atoms with E-state index >= 15 is 0 Å². The predicted octanol–water partition coefficient (Wildman–Crippen LogP) is 2.78. The molecule has 116 valence electrons. The summed E-state index contributed by atoms with van der Waals surface area (Å²) in [5.74, 6) is -0.756. The van der Waals surface area contributed by atoms with Crippen molar-refractivity contribution in [3.05, 3.63) is 22.4 Å². The van der Waals surface area contributed by atoms with E-state index < -0.39 is 17.5 Å². The highest BCUT2D eigenvalue weighted by Crippen LogP contribution is 2.46. The molecule has 0 aromatic carbocycles. The van der Waals surface area contributed by atoms with Crippen LogP contribution in [0.1, 0.15) is 24.8 Å². The van der Waals surface area contributed by atoms with Crippen LogP contribution in [0.4, 0.5) is 13.2 Å². The maximum absolute atomic E-state index is 13.5. The zero-order valence-corrected chi connectivity index (χ0v) is 12.3. The van der Waals surface area contributed by atoms with Crippen molar-refractivity contribution in [1.82, 2.24) is 10.2 Å². The smallest absolute Gasteiger partial charge is 0.335 e. The van der Waals surface area contributed by atoms with Gasteiger partial charge in [0.05, 0.1) is 0 Å². The number of rotatable bonds is 4.